The van der Waals surface area contributed by atoms with Crippen molar-refractivity contribution in [3.05, 3.63) is 58.6 Å². The van der Waals surface area contributed by atoms with Gasteiger partial charge in [-0.25, -0.2) is 0 Å². The highest BCUT2D eigenvalue weighted by Crippen LogP contribution is 2.23. The molecule has 1 N–H and O–H groups in total. The van der Waals surface area contributed by atoms with Gasteiger partial charge < -0.3 is 10.1 Å². The maximum absolute atomic E-state index is 11.9. The first-order valence-corrected chi connectivity index (χ1v) is 7.14. The fourth-order valence-corrected chi connectivity index (χ4v) is 2.22. The molecular weight excluding hydrogens is 302 g/mol. The van der Waals surface area contributed by atoms with Crippen molar-refractivity contribution in [3.63, 3.8) is 0 Å². The van der Waals surface area contributed by atoms with Crippen LogP contribution >= 0.6 is 11.6 Å². The lowest BCUT2D eigenvalue weighted by molar-refractivity contribution is -0.118. The number of anilines is 1. The molecule has 1 amide bonds. The average Bonchev–Trinajstić information content (AvgIpc) is 2.48. The van der Waals surface area contributed by atoms with E-state index < -0.39 is 0 Å². The summed E-state index contributed by atoms with van der Waals surface area (Å²) in [6, 6.07) is 12.2. The van der Waals surface area contributed by atoms with Crippen molar-refractivity contribution in [3.8, 4) is 5.75 Å². The van der Waals surface area contributed by atoms with Crippen LogP contribution in [-0.2, 0) is 4.79 Å². The number of hydrogen-bond donors (Lipinski definition) is 1. The van der Waals surface area contributed by atoms with Crippen molar-refractivity contribution in [2.45, 2.75) is 13.8 Å². The number of Topliss-reactive ketones (excluding diaryl/α,β-unsaturated/α-hetero) is 1. The van der Waals surface area contributed by atoms with Crippen LogP contribution in [0.25, 0.3) is 0 Å². The zero-order valence-electron chi connectivity index (χ0n) is 12.4. The molecule has 0 saturated carbocycles. The number of rotatable bonds is 5. The second-order valence-electron chi connectivity index (χ2n) is 4.87. The zero-order valence-corrected chi connectivity index (χ0v) is 13.1. The van der Waals surface area contributed by atoms with Crippen LogP contribution in [0.2, 0.25) is 5.02 Å². The predicted molar refractivity (Wildman–Crippen MR) is 86.8 cm³/mol. The number of halogens is 1. The molecule has 22 heavy (non-hydrogen) atoms. The second-order valence-corrected chi connectivity index (χ2v) is 5.28. The van der Waals surface area contributed by atoms with Gasteiger partial charge in [0.1, 0.15) is 5.75 Å². The molecule has 0 aliphatic rings. The molecule has 2 aromatic rings. The van der Waals surface area contributed by atoms with Crippen LogP contribution in [0.3, 0.4) is 0 Å². The first-order chi connectivity index (χ1) is 10.5. The summed E-state index contributed by atoms with van der Waals surface area (Å²) in [5.74, 6) is -0.0677. The molecule has 4 nitrogen and oxygen atoms in total. The van der Waals surface area contributed by atoms with E-state index in [4.69, 9.17) is 16.3 Å². The van der Waals surface area contributed by atoms with Gasteiger partial charge in [-0.3, -0.25) is 9.59 Å². The van der Waals surface area contributed by atoms with Crippen molar-refractivity contribution in [1.82, 2.24) is 0 Å². The summed E-state index contributed by atoms with van der Waals surface area (Å²) >= 11 is 6.06. The van der Waals surface area contributed by atoms with Gasteiger partial charge in [-0.05, 0) is 43.7 Å². The maximum Gasteiger partial charge on any atom is 0.262 e. The topological polar surface area (TPSA) is 55.4 Å². The monoisotopic (exact) mass is 317 g/mol. The van der Waals surface area contributed by atoms with E-state index in [1.165, 1.54) is 6.92 Å². The van der Waals surface area contributed by atoms with Gasteiger partial charge in [0.15, 0.2) is 12.4 Å². The first kappa shape index (κ1) is 16.0. The van der Waals surface area contributed by atoms with Gasteiger partial charge in [0.25, 0.3) is 5.91 Å². The molecule has 0 heterocycles. The molecule has 0 bridgehead atoms. The molecule has 0 fully saturated rings. The SMILES string of the molecule is CC(=O)c1ccccc1OCC(=O)Nc1ccc(C)cc1Cl. The molecule has 0 radical (unpaired) electrons. The summed E-state index contributed by atoms with van der Waals surface area (Å²) in [6.07, 6.45) is 0. The molecule has 114 valence electrons. The molecule has 2 rings (SSSR count). The van der Waals surface area contributed by atoms with Crippen LogP contribution in [-0.4, -0.2) is 18.3 Å². The summed E-state index contributed by atoms with van der Waals surface area (Å²) in [5, 5.41) is 3.15. The molecule has 0 saturated heterocycles. The summed E-state index contributed by atoms with van der Waals surface area (Å²) < 4.78 is 5.42. The third kappa shape index (κ3) is 4.09. The number of hydrogen-bond acceptors (Lipinski definition) is 3. The number of ketones is 1. The summed E-state index contributed by atoms with van der Waals surface area (Å²) in [7, 11) is 0. The Morgan fingerprint density at radius 3 is 2.59 bits per heavy atom. The van der Waals surface area contributed by atoms with Crippen LogP contribution in [0, 0.1) is 6.92 Å². The van der Waals surface area contributed by atoms with Crippen LogP contribution in [0.4, 0.5) is 5.69 Å². The number of amides is 1. The minimum Gasteiger partial charge on any atom is -0.483 e. The minimum atomic E-state index is -0.343. The van der Waals surface area contributed by atoms with Crippen molar-refractivity contribution in [2.75, 3.05) is 11.9 Å². The van der Waals surface area contributed by atoms with Crippen molar-refractivity contribution < 1.29 is 14.3 Å². The number of carbonyl (C=O) groups excluding carboxylic acids is 2. The molecule has 0 atom stereocenters. The largest absolute Gasteiger partial charge is 0.483 e. The van der Waals surface area contributed by atoms with E-state index >= 15 is 0 Å². The normalized spacial score (nSPS) is 10.1. The minimum absolute atomic E-state index is 0.113. The van der Waals surface area contributed by atoms with E-state index in [9.17, 15) is 9.59 Å². The molecule has 2 aromatic carbocycles. The van der Waals surface area contributed by atoms with Gasteiger partial charge in [-0.1, -0.05) is 29.8 Å². The smallest absolute Gasteiger partial charge is 0.262 e. The number of nitrogens with one attached hydrogen (secondary N) is 1. The third-order valence-electron chi connectivity index (χ3n) is 3.02. The van der Waals surface area contributed by atoms with Gasteiger partial charge in [-0.2, -0.15) is 0 Å². The Hall–Kier alpha value is -2.33. The molecule has 0 spiro atoms. The lowest BCUT2D eigenvalue weighted by Gasteiger charge is -2.11. The van der Waals surface area contributed by atoms with E-state index in [1.807, 2.05) is 13.0 Å². The number of benzene rings is 2. The van der Waals surface area contributed by atoms with E-state index in [0.29, 0.717) is 22.0 Å². The fraction of sp³-hybridized carbons (Fsp3) is 0.176. The van der Waals surface area contributed by atoms with Crippen LogP contribution in [0.5, 0.6) is 5.75 Å². The molecule has 5 heteroatoms. The standard InChI is InChI=1S/C17H16ClNO3/c1-11-7-8-15(14(18)9-11)19-17(21)10-22-16-6-4-3-5-13(16)12(2)20/h3-9H,10H2,1-2H3,(H,19,21). The van der Waals surface area contributed by atoms with Gasteiger partial charge in [0.2, 0.25) is 0 Å². The first-order valence-electron chi connectivity index (χ1n) is 6.76. The highest BCUT2D eigenvalue weighted by Gasteiger charge is 2.10. The predicted octanol–water partition coefficient (Wildman–Crippen LogP) is 3.87. The Morgan fingerprint density at radius 1 is 1.18 bits per heavy atom. The van der Waals surface area contributed by atoms with Gasteiger partial charge in [0, 0.05) is 0 Å². The van der Waals surface area contributed by atoms with Crippen LogP contribution < -0.4 is 10.1 Å². The van der Waals surface area contributed by atoms with Gasteiger partial charge >= 0.3 is 0 Å². The Bertz CT molecular complexity index is 713. The third-order valence-corrected chi connectivity index (χ3v) is 3.34. The Kier molecular flexibility index (Phi) is 5.17. The Morgan fingerprint density at radius 2 is 1.91 bits per heavy atom. The number of aryl methyl sites for hydroxylation is 1. The molecule has 0 aliphatic carbocycles. The van der Waals surface area contributed by atoms with Crippen LogP contribution in [0.15, 0.2) is 42.5 Å². The molecule has 0 aromatic heterocycles. The molecular formula is C17H16ClNO3. The maximum atomic E-state index is 11.9. The second kappa shape index (κ2) is 7.09. The lowest BCUT2D eigenvalue weighted by Crippen LogP contribution is -2.21. The zero-order chi connectivity index (χ0) is 16.1. The van der Waals surface area contributed by atoms with Crippen LogP contribution in [0.1, 0.15) is 22.8 Å². The number of carbonyl (C=O) groups is 2. The lowest BCUT2D eigenvalue weighted by atomic mass is 10.1. The van der Waals surface area contributed by atoms with Gasteiger partial charge in [-0.15, -0.1) is 0 Å². The van der Waals surface area contributed by atoms with E-state index in [-0.39, 0.29) is 18.3 Å². The highest BCUT2D eigenvalue weighted by atomic mass is 35.5. The van der Waals surface area contributed by atoms with Gasteiger partial charge in [0.05, 0.1) is 16.3 Å². The van der Waals surface area contributed by atoms with E-state index in [1.54, 1.807) is 36.4 Å². The summed E-state index contributed by atoms with van der Waals surface area (Å²) in [5.41, 5.74) is 1.99. The Balaban J connectivity index is 2.00. The fourth-order valence-electron chi connectivity index (χ4n) is 1.93. The van der Waals surface area contributed by atoms with Crippen molar-refractivity contribution in [2.24, 2.45) is 0 Å². The number of ether oxygens (including phenoxy) is 1. The quantitative estimate of drug-likeness (QED) is 0.852. The van der Waals surface area contributed by atoms with Crippen molar-refractivity contribution >= 4 is 29.0 Å². The van der Waals surface area contributed by atoms with Crippen molar-refractivity contribution in [1.29, 1.82) is 0 Å². The summed E-state index contributed by atoms with van der Waals surface area (Å²) in [6.45, 7) is 3.17. The Labute approximate surface area is 134 Å². The summed E-state index contributed by atoms with van der Waals surface area (Å²) in [4.78, 5) is 23.4. The molecule has 0 unspecified atom stereocenters. The molecule has 0 aliphatic heterocycles. The van der Waals surface area contributed by atoms with E-state index in [2.05, 4.69) is 5.32 Å². The van der Waals surface area contributed by atoms with E-state index in [0.717, 1.165) is 5.56 Å². The number of para-hydroxylation sites is 1. The highest BCUT2D eigenvalue weighted by molar-refractivity contribution is 6.33. The average molecular weight is 318 g/mol.